The van der Waals surface area contributed by atoms with Crippen molar-refractivity contribution in [3.8, 4) is 0 Å². The summed E-state index contributed by atoms with van der Waals surface area (Å²) in [5.74, 6) is 0.702. The van der Waals surface area contributed by atoms with Gasteiger partial charge in [-0.05, 0) is 19.8 Å². The number of guanidine groups is 1. The van der Waals surface area contributed by atoms with Crippen LogP contribution in [-0.2, 0) is 9.53 Å². The zero-order chi connectivity index (χ0) is 15.0. The summed E-state index contributed by atoms with van der Waals surface area (Å²) in [5, 5.41) is 6.69. The molecule has 1 unspecified atom stereocenters. The lowest BCUT2D eigenvalue weighted by atomic mass is 10.2. The predicted octanol–water partition coefficient (Wildman–Crippen LogP) is 0.587. The van der Waals surface area contributed by atoms with Crippen LogP contribution in [0.3, 0.4) is 0 Å². The second-order valence-corrected chi connectivity index (χ2v) is 5.58. The quantitative estimate of drug-likeness (QED) is 0.553. The highest BCUT2D eigenvalue weighted by Gasteiger charge is 2.17. The summed E-state index contributed by atoms with van der Waals surface area (Å²) in [6.07, 6.45) is 4.85. The van der Waals surface area contributed by atoms with Crippen molar-refractivity contribution in [3.05, 3.63) is 0 Å². The molecule has 1 aliphatic carbocycles. The largest absolute Gasteiger partial charge is 0.383 e. The van der Waals surface area contributed by atoms with Crippen LogP contribution in [0, 0.1) is 0 Å². The molecule has 6 heteroatoms. The number of amides is 1. The van der Waals surface area contributed by atoms with Crippen LogP contribution < -0.4 is 10.6 Å². The number of hydrogen-bond donors (Lipinski definition) is 2. The Morgan fingerprint density at radius 2 is 2.05 bits per heavy atom. The van der Waals surface area contributed by atoms with Gasteiger partial charge in [-0.3, -0.25) is 4.79 Å². The summed E-state index contributed by atoms with van der Waals surface area (Å²) in [6.45, 7) is 2.80. The maximum atomic E-state index is 11.6. The maximum Gasteiger partial charge on any atom is 0.243 e. The normalized spacial score (nSPS) is 17.9. The van der Waals surface area contributed by atoms with Crippen LogP contribution in [0.15, 0.2) is 4.99 Å². The summed E-state index contributed by atoms with van der Waals surface area (Å²) in [5.41, 5.74) is 0. The minimum Gasteiger partial charge on any atom is -0.383 e. The van der Waals surface area contributed by atoms with Gasteiger partial charge >= 0.3 is 0 Å². The van der Waals surface area contributed by atoms with Crippen LogP contribution in [0.25, 0.3) is 0 Å². The van der Waals surface area contributed by atoms with Crippen molar-refractivity contribution >= 4 is 11.9 Å². The van der Waals surface area contributed by atoms with Crippen molar-refractivity contribution in [2.75, 3.05) is 34.4 Å². The first-order valence-electron chi connectivity index (χ1n) is 7.29. The van der Waals surface area contributed by atoms with Gasteiger partial charge in [0.15, 0.2) is 5.96 Å². The minimum atomic E-state index is -0.00286. The minimum absolute atomic E-state index is 0.00286. The Morgan fingerprint density at radius 1 is 1.40 bits per heavy atom. The topological polar surface area (TPSA) is 66.0 Å². The number of carbonyl (C=O) groups excluding carboxylic acids is 1. The van der Waals surface area contributed by atoms with Gasteiger partial charge in [0.2, 0.25) is 5.91 Å². The molecular formula is C14H28N4O2. The van der Waals surface area contributed by atoms with Crippen LogP contribution in [0.2, 0.25) is 0 Å². The number of nitrogens with one attached hydrogen (secondary N) is 2. The van der Waals surface area contributed by atoms with Gasteiger partial charge in [0, 0.05) is 33.3 Å². The molecule has 1 rings (SSSR count). The molecule has 0 aromatic heterocycles. The Kier molecular flexibility index (Phi) is 7.36. The van der Waals surface area contributed by atoms with Crippen molar-refractivity contribution in [3.63, 3.8) is 0 Å². The maximum absolute atomic E-state index is 11.6. The second kappa shape index (κ2) is 8.79. The fourth-order valence-electron chi connectivity index (χ4n) is 2.21. The van der Waals surface area contributed by atoms with E-state index in [-0.39, 0.29) is 18.5 Å². The average Bonchev–Trinajstić information content (AvgIpc) is 2.88. The molecule has 1 fully saturated rings. The van der Waals surface area contributed by atoms with Crippen LogP contribution >= 0.6 is 0 Å². The summed E-state index contributed by atoms with van der Waals surface area (Å²) < 4.78 is 5.12. The summed E-state index contributed by atoms with van der Waals surface area (Å²) in [7, 11) is 5.15. The number of methoxy groups -OCH3 is 1. The van der Waals surface area contributed by atoms with Gasteiger partial charge in [-0.15, -0.1) is 0 Å². The molecule has 0 aliphatic heterocycles. The van der Waals surface area contributed by atoms with E-state index in [0.717, 1.165) is 0 Å². The lowest BCUT2D eigenvalue weighted by Gasteiger charge is -2.21. The number of hydrogen-bond acceptors (Lipinski definition) is 3. The van der Waals surface area contributed by atoms with E-state index in [1.54, 1.807) is 26.1 Å². The molecule has 0 heterocycles. The van der Waals surface area contributed by atoms with Crippen LogP contribution in [0.4, 0.5) is 0 Å². The number of likely N-dealkylation sites (N-methyl/N-ethyl adjacent to an activating group) is 1. The summed E-state index contributed by atoms with van der Waals surface area (Å²) >= 11 is 0. The first kappa shape index (κ1) is 16.8. The molecule has 0 aromatic carbocycles. The smallest absolute Gasteiger partial charge is 0.243 e. The van der Waals surface area contributed by atoms with E-state index < -0.39 is 0 Å². The standard InChI is InChI=1S/C14H28N4O2/c1-11(10-20-4)16-14(15-9-13(19)18(2)3)17-12-7-5-6-8-12/h11-12H,5-10H2,1-4H3,(H2,15,16,17). The Morgan fingerprint density at radius 3 is 2.60 bits per heavy atom. The highest BCUT2D eigenvalue weighted by atomic mass is 16.5. The van der Waals surface area contributed by atoms with Crippen LogP contribution in [0.1, 0.15) is 32.6 Å². The molecule has 0 radical (unpaired) electrons. The van der Waals surface area contributed by atoms with Gasteiger partial charge in [0.25, 0.3) is 0 Å². The molecule has 6 nitrogen and oxygen atoms in total. The lowest BCUT2D eigenvalue weighted by Crippen LogP contribution is -2.47. The number of ether oxygens (including phenoxy) is 1. The van der Waals surface area contributed by atoms with Gasteiger partial charge in [0.1, 0.15) is 6.54 Å². The molecular weight excluding hydrogens is 256 g/mol. The van der Waals surface area contributed by atoms with Gasteiger partial charge in [-0.1, -0.05) is 12.8 Å². The van der Waals surface area contributed by atoms with Crippen molar-refractivity contribution in [1.29, 1.82) is 0 Å². The van der Waals surface area contributed by atoms with Crippen molar-refractivity contribution < 1.29 is 9.53 Å². The summed E-state index contributed by atoms with van der Waals surface area (Å²) in [4.78, 5) is 17.6. The third kappa shape index (κ3) is 6.23. The zero-order valence-corrected chi connectivity index (χ0v) is 13.1. The molecule has 2 N–H and O–H groups in total. The number of nitrogens with zero attached hydrogens (tertiary/aromatic N) is 2. The van der Waals surface area contributed by atoms with E-state index in [2.05, 4.69) is 15.6 Å². The zero-order valence-electron chi connectivity index (χ0n) is 13.1. The fraction of sp³-hybridized carbons (Fsp3) is 0.857. The number of rotatable bonds is 6. The van der Waals surface area contributed by atoms with Gasteiger partial charge < -0.3 is 20.3 Å². The van der Waals surface area contributed by atoms with Crippen molar-refractivity contribution in [2.45, 2.75) is 44.7 Å². The molecule has 1 saturated carbocycles. The second-order valence-electron chi connectivity index (χ2n) is 5.58. The Bertz CT molecular complexity index is 325. The van der Waals surface area contributed by atoms with Crippen molar-refractivity contribution in [1.82, 2.24) is 15.5 Å². The van der Waals surface area contributed by atoms with E-state index in [9.17, 15) is 4.79 Å². The monoisotopic (exact) mass is 284 g/mol. The highest BCUT2D eigenvalue weighted by molar-refractivity contribution is 5.85. The molecule has 0 spiro atoms. The number of carbonyl (C=O) groups is 1. The van der Waals surface area contributed by atoms with E-state index >= 15 is 0 Å². The third-order valence-electron chi connectivity index (χ3n) is 3.37. The molecule has 0 aromatic rings. The Labute approximate surface area is 122 Å². The van der Waals surface area contributed by atoms with E-state index in [0.29, 0.717) is 18.6 Å². The highest BCUT2D eigenvalue weighted by Crippen LogP contribution is 2.17. The van der Waals surface area contributed by atoms with Gasteiger partial charge in [0.05, 0.1) is 6.61 Å². The molecule has 0 saturated heterocycles. The molecule has 1 atom stereocenters. The lowest BCUT2D eigenvalue weighted by molar-refractivity contribution is -0.127. The Balaban J connectivity index is 2.56. The molecule has 0 bridgehead atoms. The van der Waals surface area contributed by atoms with E-state index in [4.69, 9.17) is 4.74 Å². The third-order valence-corrected chi connectivity index (χ3v) is 3.37. The first-order valence-corrected chi connectivity index (χ1v) is 7.29. The molecule has 1 amide bonds. The van der Waals surface area contributed by atoms with E-state index in [1.807, 2.05) is 6.92 Å². The molecule has 20 heavy (non-hydrogen) atoms. The van der Waals surface area contributed by atoms with Gasteiger partial charge in [-0.25, -0.2) is 4.99 Å². The predicted molar refractivity (Wildman–Crippen MR) is 80.9 cm³/mol. The molecule has 116 valence electrons. The van der Waals surface area contributed by atoms with Gasteiger partial charge in [-0.2, -0.15) is 0 Å². The summed E-state index contributed by atoms with van der Waals surface area (Å²) in [6, 6.07) is 0.618. The average molecular weight is 284 g/mol. The SMILES string of the molecule is COCC(C)NC(=NCC(=O)N(C)C)NC1CCCC1. The first-order chi connectivity index (χ1) is 9.52. The van der Waals surface area contributed by atoms with E-state index in [1.165, 1.54) is 25.7 Å². The molecule has 1 aliphatic rings. The van der Waals surface area contributed by atoms with Crippen molar-refractivity contribution in [2.24, 2.45) is 4.99 Å². The van der Waals surface area contributed by atoms with Crippen LogP contribution in [-0.4, -0.2) is 63.2 Å². The number of aliphatic imine (C=N–C) groups is 1. The van der Waals surface area contributed by atoms with Crippen LogP contribution in [0.5, 0.6) is 0 Å². The fourth-order valence-corrected chi connectivity index (χ4v) is 2.21. The Hall–Kier alpha value is -1.30.